The van der Waals surface area contributed by atoms with Gasteiger partial charge in [0.25, 0.3) is 0 Å². The number of halogens is 5. The Kier molecular flexibility index (Phi) is 9.61. The van der Waals surface area contributed by atoms with E-state index >= 15 is 0 Å². The maximum atomic E-state index is 13.3. The molecule has 0 aliphatic heterocycles. The summed E-state index contributed by atoms with van der Waals surface area (Å²) in [7, 11) is 1.63. The third-order valence-electron chi connectivity index (χ3n) is 6.90. The second-order valence-corrected chi connectivity index (χ2v) is 14.4. The molecule has 222 valence electrons. The molecule has 0 heterocycles. The Labute approximate surface area is 273 Å². The summed E-state index contributed by atoms with van der Waals surface area (Å²) in [5.74, 6) is -1.77. The molecule has 2 amide bonds. The van der Waals surface area contributed by atoms with E-state index in [4.69, 9.17) is 51.1 Å². The van der Waals surface area contributed by atoms with Gasteiger partial charge in [-0.15, -0.1) is 23.2 Å². The van der Waals surface area contributed by atoms with Crippen molar-refractivity contribution < 1.29 is 19.1 Å². The minimum absolute atomic E-state index is 0.0703. The van der Waals surface area contributed by atoms with Gasteiger partial charge in [0.15, 0.2) is 5.78 Å². The van der Waals surface area contributed by atoms with Crippen LogP contribution < -0.4 is 10.2 Å². The summed E-state index contributed by atoms with van der Waals surface area (Å²) in [5.41, 5.74) is 3.02. The summed E-state index contributed by atoms with van der Waals surface area (Å²) in [4.78, 5) is 40.3. The number of anilines is 2. The SMILES string of the molecule is Cc1cc(N(C)C(=O)OC(C)(C)C)ccc1CC(=O)c1cc(NC(=O)C2C(c3ccc(Br)c(Cl)c3)C2(Cl)Cl)ccc1Cl. The summed E-state index contributed by atoms with van der Waals surface area (Å²) >= 11 is 29.0. The molecule has 2 atom stereocenters. The van der Waals surface area contributed by atoms with Crippen molar-refractivity contribution in [3.8, 4) is 0 Å². The van der Waals surface area contributed by atoms with E-state index in [0.29, 0.717) is 16.4 Å². The van der Waals surface area contributed by atoms with Gasteiger partial charge in [-0.1, -0.05) is 35.3 Å². The van der Waals surface area contributed by atoms with Gasteiger partial charge >= 0.3 is 6.09 Å². The maximum absolute atomic E-state index is 13.3. The number of rotatable bonds is 7. The van der Waals surface area contributed by atoms with E-state index in [9.17, 15) is 14.4 Å². The number of alkyl halides is 2. The van der Waals surface area contributed by atoms with Crippen LogP contribution in [0.15, 0.2) is 59.1 Å². The largest absolute Gasteiger partial charge is 0.443 e. The van der Waals surface area contributed by atoms with E-state index in [-0.39, 0.29) is 28.7 Å². The number of carbonyl (C=O) groups is 3. The Bertz CT molecular complexity index is 1570. The van der Waals surface area contributed by atoms with Gasteiger partial charge in [-0.25, -0.2) is 4.79 Å². The molecule has 11 heteroatoms. The van der Waals surface area contributed by atoms with Gasteiger partial charge in [0.1, 0.15) is 9.93 Å². The Morgan fingerprint density at radius 1 is 1.00 bits per heavy atom. The molecule has 6 nitrogen and oxygen atoms in total. The van der Waals surface area contributed by atoms with Crippen LogP contribution in [0.2, 0.25) is 10.0 Å². The molecule has 0 bridgehead atoms. The molecular formula is C31H29BrCl4N2O4. The molecule has 1 aliphatic rings. The number of aryl methyl sites for hydroxylation is 1. The van der Waals surface area contributed by atoms with Crippen LogP contribution in [-0.2, 0) is 16.0 Å². The molecule has 1 aliphatic carbocycles. The Morgan fingerprint density at radius 3 is 2.31 bits per heavy atom. The average Bonchev–Trinajstić information content (AvgIpc) is 3.48. The Hall–Kier alpha value is -2.29. The number of benzene rings is 3. The molecule has 1 fully saturated rings. The van der Waals surface area contributed by atoms with Crippen molar-refractivity contribution in [2.75, 3.05) is 17.3 Å². The predicted octanol–water partition coefficient (Wildman–Crippen LogP) is 9.39. The zero-order valence-corrected chi connectivity index (χ0v) is 28.1. The van der Waals surface area contributed by atoms with Crippen LogP contribution in [0, 0.1) is 12.8 Å². The first kappa shape index (κ1) is 32.6. The van der Waals surface area contributed by atoms with Crippen molar-refractivity contribution in [2.45, 2.75) is 50.0 Å². The quantitative estimate of drug-likeness (QED) is 0.196. The lowest BCUT2D eigenvalue weighted by molar-refractivity contribution is -0.117. The highest BCUT2D eigenvalue weighted by atomic mass is 79.9. The van der Waals surface area contributed by atoms with Gasteiger partial charge in [-0.05, 0) is 103 Å². The fourth-order valence-electron chi connectivity index (χ4n) is 4.60. The third kappa shape index (κ3) is 7.25. The van der Waals surface area contributed by atoms with E-state index in [1.54, 1.807) is 70.3 Å². The van der Waals surface area contributed by atoms with Gasteiger partial charge in [0.05, 0.1) is 16.0 Å². The van der Waals surface area contributed by atoms with E-state index in [1.807, 2.05) is 19.1 Å². The van der Waals surface area contributed by atoms with Crippen LogP contribution in [0.3, 0.4) is 0 Å². The molecule has 3 aromatic rings. The number of nitrogens with one attached hydrogen (secondary N) is 1. The fourth-order valence-corrected chi connectivity index (χ4v) is 6.09. The molecule has 3 aromatic carbocycles. The number of Topliss-reactive ketones (excluding diaryl/α,β-unsaturated/α-hetero) is 1. The van der Waals surface area contributed by atoms with Gasteiger partial charge in [0.2, 0.25) is 5.91 Å². The van der Waals surface area contributed by atoms with Crippen molar-refractivity contribution >= 4 is 91.5 Å². The molecule has 1 saturated carbocycles. The van der Waals surface area contributed by atoms with Crippen LogP contribution in [0.4, 0.5) is 16.2 Å². The van der Waals surface area contributed by atoms with E-state index < -0.39 is 27.9 Å². The first-order valence-corrected chi connectivity index (χ1v) is 15.3. The van der Waals surface area contributed by atoms with Gasteiger partial charge < -0.3 is 10.1 Å². The van der Waals surface area contributed by atoms with Gasteiger partial charge in [-0.2, -0.15) is 0 Å². The zero-order chi connectivity index (χ0) is 31.1. The Morgan fingerprint density at radius 2 is 1.69 bits per heavy atom. The number of hydrogen-bond acceptors (Lipinski definition) is 4. The normalized spacial score (nSPS) is 17.4. The number of nitrogens with zero attached hydrogens (tertiary/aromatic N) is 1. The van der Waals surface area contributed by atoms with Crippen LogP contribution >= 0.6 is 62.3 Å². The van der Waals surface area contributed by atoms with Crippen LogP contribution in [0.5, 0.6) is 0 Å². The predicted molar refractivity (Wildman–Crippen MR) is 174 cm³/mol. The number of ether oxygens (including phenoxy) is 1. The zero-order valence-electron chi connectivity index (χ0n) is 23.5. The molecule has 42 heavy (non-hydrogen) atoms. The third-order valence-corrected chi connectivity index (χ3v) is 9.41. The minimum Gasteiger partial charge on any atom is -0.443 e. The monoisotopic (exact) mass is 712 g/mol. The van der Waals surface area contributed by atoms with Crippen molar-refractivity contribution in [1.82, 2.24) is 0 Å². The van der Waals surface area contributed by atoms with Crippen LogP contribution in [-0.4, -0.2) is 34.8 Å². The summed E-state index contributed by atoms with van der Waals surface area (Å²) in [5, 5.41) is 3.57. The van der Waals surface area contributed by atoms with E-state index in [2.05, 4.69) is 21.2 Å². The summed E-state index contributed by atoms with van der Waals surface area (Å²) in [6.45, 7) is 7.27. The van der Waals surface area contributed by atoms with Crippen molar-refractivity contribution in [3.63, 3.8) is 0 Å². The summed E-state index contributed by atoms with van der Waals surface area (Å²) in [6, 6.07) is 15.4. The van der Waals surface area contributed by atoms with Crippen molar-refractivity contribution in [2.24, 2.45) is 5.92 Å². The Balaban J connectivity index is 1.46. The molecule has 0 aromatic heterocycles. The van der Waals surface area contributed by atoms with Crippen molar-refractivity contribution in [3.05, 3.63) is 91.4 Å². The highest BCUT2D eigenvalue weighted by molar-refractivity contribution is 9.10. The molecule has 0 spiro atoms. The van der Waals surface area contributed by atoms with Crippen molar-refractivity contribution in [1.29, 1.82) is 0 Å². The smallest absolute Gasteiger partial charge is 0.414 e. The maximum Gasteiger partial charge on any atom is 0.414 e. The van der Waals surface area contributed by atoms with Crippen LogP contribution in [0.25, 0.3) is 0 Å². The number of hydrogen-bond donors (Lipinski definition) is 1. The molecule has 4 rings (SSSR count). The topological polar surface area (TPSA) is 75.7 Å². The average molecular weight is 715 g/mol. The molecule has 1 N–H and O–H groups in total. The molecular weight excluding hydrogens is 686 g/mol. The second-order valence-electron chi connectivity index (χ2n) is 11.2. The summed E-state index contributed by atoms with van der Waals surface area (Å²) in [6.07, 6.45) is -0.406. The van der Waals surface area contributed by atoms with E-state index in [1.165, 1.54) is 4.90 Å². The molecule has 2 unspecified atom stereocenters. The second kappa shape index (κ2) is 12.4. The number of amides is 2. The van der Waals surface area contributed by atoms with Crippen LogP contribution in [0.1, 0.15) is 53.7 Å². The fraction of sp³-hybridized carbons (Fsp3) is 0.323. The van der Waals surface area contributed by atoms with Gasteiger partial charge in [0, 0.05) is 40.8 Å². The number of carbonyl (C=O) groups excluding carboxylic acids is 3. The lowest BCUT2D eigenvalue weighted by atomic mass is 9.98. The lowest BCUT2D eigenvalue weighted by Crippen LogP contribution is -2.34. The highest BCUT2D eigenvalue weighted by Gasteiger charge is 2.67. The lowest BCUT2D eigenvalue weighted by Gasteiger charge is -2.25. The minimum atomic E-state index is -1.30. The first-order chi connectivity index (χ1) is 19.5. The first-order valence-electron chi connectivity index (χ1n) is 13.0. The standard InChI is InChI=1S/C31H29BrCl4N2O4/c1-16-12-20(38(5)29(41)42-30(2,3)4)9-6-17(16)14-25(39)21-15-19(8-11-23(21)33)37-28(40)27-26(31(27,35)36)18-7-10-22(32)24(34)13-18/h6-13,15,26-27H,14H2,1-5H3,(H,37,40). The number of ketones is 1. The summed E-state index contributed by atoms with van der Waals surface area (Å²) < 4.78 is 4.86. The van der Waals surface area contributed by atoms with Gasteiger partial charge in [-0.3, -0.25) is 14.5 Å². The molecule has 0 radical (unpaired) electrons. The highest BCUT2D eigenvalue weighted by Crippen LogP contribution is 2.65. The van der Waals surface area contributed by atoms with E-state index in [0.717, 1.165) is 21.2 Å². The molecule has 0 saturated heterocycles.